The molecule has 3 aromatic rings. The lowest BCUT2D eigenvalue weighted by Gasteiger charge is -2.28. The standard InChI is InChI=1S/C27H26N4O4/c32-25-27(11-14-35-17-27)29-24(31(25)16-22-4-2-13-30(22)26(33)34)20-8-5-18(6-9-20)21-10-7-19-3-1-12-28-23(19)15-21/h1,3,5-10,12,15,22H,2,4,11,13-14,16-17H2,(H,33,34). The molecule has 178 valence electrons. The largest absolute Gasteiger partial charge is 0.465 e. The summed E-state index contributed by atoms with van der Waals surface area (Å²) in [5.41, 5.74) is 2.99. The van der Waals surface area contributed by atoms with Crippen LogP contribution < -0.4 is 0 Å². The first-order valence-corrected chi connectivity index (χ1v) is 12.0. The number of aromatic nitrogens is 1. The quantitative estimate of drug-likeness (QED) is 0.626. The third-order valence-electron chi connectivity index (χ3n) is 7.32. The second-order valence-electron chi connectivity index (χ2n) is 9.45. The maximum atomic E-state index is 13.5. The van der Waals surface area contributed by atoms with Gasteiger partial charge in [-0.2, -0.15) is 0 Å². The van der Waals surface area contributed by atoms with E-state index in [-0.39, 0.29) is 18.6 Å². The molecule has 0 radical (unpaired) electrons. The minimum atomic E-state index is -0.939. The van der Waals surface area contributed by atoms with E-state index in [0.29, 0.717) is 32.0 Å². The van der Waals surface area contributed by atoms with Crippen LogP contribution in [0.4, 0.5) is 4.79 Å². The zero-order chi connectivity index (χ0) is 24.0. The summed E-state index contributed by atoms with van der Waals surface area (Å²) in [6, 6.07) is 18.0. The van der Waals surface area contributed by atoms with Gasteiger partial charge in [-0.3, -0.25) is 14.7 Å². The molecule has 0 saturated carbocycles. The van der Waals surface area contributed by atoms with Crippen molar-refractivity contribution in [2.45, 2.75) is 30.8 Å². The summed E-state index contributed by atoms with van der Waals surface area (Å²) in [7, 11) is 0. The van der Waals surface area contributed by atoms with E-state index in [1.54, 1.807) is 11.1 Å². The lowest BCUT2D eigenvalue weighted by molar-refractivity contribution is -0.131. The SMILES string of the molecule is O=C(O)N1CCCC1CN1C(=O)C2(CCOC2)N=C1c1ccc(-c2ccc3cccnc3c2)cc1. The van der Waals surface area contributed by atoms with Gasteiger partial charge in [0.2, 0.25) is 0 Å². The number of fused-ring (bicyclic) bond motifs is 1. The molecule has 1 aromatic heterocycles. The van der Waals surface area contributed by atoms with Crippen molar-refractivity contribution in [3.8, 4) is 11.1 Å². The molecule has 2 amide bonds. The molecular weight excluding hydrogens is 444 g/mol. The number of carbonyl (C=O) groups is 2. The van der Waals surface area contributed by atoms with Crippen LogP contribution in [-0.2, 0) is 9.53 Å². The van der Waals surface area contributed by atoms with Gasteiger partial charge in [-0.15, -0.1) is 0 Å². The number of nitrogens with zero attached hydrogens (tertiary/aromatic N) is 4. The number of pyridine rings is 1. The molecule has 1 N–H and O–H groups in total. The number of hydrogen-bond acceptors (Lipinski definition) is 5. The van der Waals surface area contributed by atoms with Gasteiger partial charge < -0.3 is 14.7 Å². The second kappa shape index (κ2) is 8.46. The summed E-state index contributed by atoms with van der Waals surface area (Å²) in [5, 5.41) is 10.7. The van der Waals surface area contributed by atoms with Crippen molar-refractivity contribution >= 4 is 28.7 Å². The van der Waals surface area contributed by atoms with Crippen LogP contribution in [0.25, 0.3) is 22.0 Å². The maximum absolute atomic E-state index is 13.5. The molecule has 0 aliphatic carbocycles. The predicted molar refractivity (Wildman–Crippen MR) is 131 cm³/mol. The van der Waals surface area contributed by atoms with E-state index in [1.807, 2.05) is 36.4 Å². The van der Waals surface area contributed by atoms with E-state index in [9.17, 15) is 14.7 Å². The molecule has 2 fully saturated rings. The average Bonchev–Trinajstić information content (AvgIpc) is 3.61. The first-order valence-electron chi connectivity index (χ1n) is 12.0. The fraction of sp³-hybridized carbons (Fsp3) is 0.333. The smallest absolute Gasteiger partial charge is 0.407 e. The van der Waals surface area contributed by atoms with Crippen LogP contribution in [0.2, 0.25) is 0 Å². The molecular formula is C27H26N4O4. The van der Waals surface area contributed by atoms with Crippen molar-refractivity contribution in [2.24, 2.45) is 4.99 Å². The van der Waals surface area contributed by atoms with Crippen LogP contribution in [0, 0.1) is 0 Å². The van der Waals surface area contributed by atoms with Gasteiger partial charge in [-0.05, 0) is 36.1 Å². The molecule has 8 nitrogen and oxygen atoms in total. The summed E-state index contributed by atoms with van der Waals surface area (Å²) < 4.78 is 5.56. The van der Waals surface area contributed by atoms with E-state index in [1.165, 1.54) is 4.90 Å². The highest BCUT2D eigenvalue weighted by atomic mass is 16.5. The van der Waals surface area contributed by atoms with E-state index in [2.05, 4.69) is 23.2 Å². The lowest BCUT2D eigenvalue weighted by Crippen LogP contribution is -2.49. The van der Waals surface area contributed by atoms with Crippen LogP contribution in [-0.4, -0.2) is 75.6 Å². The molecule has 2 saturated heterocycles. The molecule has 4 heterocycles. The van der Waals surface area contributed by atoms with Crippen LogP contribution in [0.5, 0.6) is 0 Å². The van der Waals surface area contributed by atoms with Gasteiger partial charge in [0.05, 0.1) is 18.2 Å². The topological polar surface area (TPSA) is 95.3 Å². The third kappa shape index (κ3) is 3.74. The van der Waals surface area contributed by atoms with E-state index in [0.717, 1.165) is 40.4 Å². The van der Waals surface area contributed by atoms with Crippen molar-refractivity contribution in [3.63, 3.8) is 0 Å². The van der Waals surface area contributed by atoms with Crippen LogP contribution in [0.15, 0.2) is 65.8 Å². The highest BCUT2D eigenvalue weighted by Gasteiger charge is 2.52. The van der Waals surface area contributed by atoms with Gasteiger partial charge in [0, 0.05) is 43.3 Å². The summed E-state index contributed by atoms with van der Waals surface area (Å²) >= 11 is 0. The highest BCUT2D eigenvalue weighted by molar-refractivity contribution is 6.15. The zero-order valence-electron chi connectivity index (χ0n) is 19.3. The molecule has 8 heteroatoms. The summed E-state index contributed by atoms with van der Waals surface area (Å²) in [6.45, 7) is 1.57. The van der Waals surface area contributed by atoms with Crippen molar-refractivity contribution in [1.29, 1.82) is 0 Å². The van der Waals surface area contributed by atoms with Crippen molar-refractivity contribution in [1.82, 2.24) is 14.8 Å². The Morgan fingerprint density at radius 2 is 1.91 bits per heavy atom. The van der Waals surface area contributed by atoms with E-state index >= 15 is 0 Å². The Kier molecular flexibility index (Phi) is 5.25. The minimum Gasteiger partial charge on any atom is -0.465 e. The Labute approximate surface area is 202 Å². The van der Waals surface area contributed by atoms with Crippen LogP contribution >= 0.6 is 0 Å². The van der Waals surface area contributed by atoms with Crippen molar-refractivity contribution < 1.29 is 19.4 Å². The molecule has 0 bridgehead atoms. The lowest BCUT2D eigenvalue weighted by atomic mass is 9.99. The van der Waals surface area contributed by atoms with Gasteiger partial charge in [0.15, 0.2) is 5.54 Å². The molecule has 35 heavy (non-hydrogen) atoms. The van der Waals surface area contributed by atoms with Crippen LogP contribution in [0.3, 0.4) is 0 Å². The fourth-order valence-corrected chi connectivity index (χ4v) is 5.40. The van der Waals surface area contributed by atoms with Crippen molar-refractivity contribution in [3.05, 3.63) is 66.4 Å². The maximum Gasteiger partial charge on any atom is 0.407 e. The number of amides is 2. The zero-order valence-corrected chi connectivity index (χ0v) is 19.3. The number of benzene rings is 2. The normalized spacial score (nSPS) is 24.1. The molecule has 2 unspecified atom stereocenters. The van der Waals surface area contributed by atoms with Gasteiger partial charge in [-0.25, -0.2) is 9.79 Å². The Morgan fingerprint density at radius 3 is 2.69 bits per heavy atom. The third-order valence-corrected chi connectivity index (χ3v) is 7.32. The number of aliphatic imine (C=N–C) groups is 1. The highest BCUT2D eigenvalue weighted by Crippen LogP contribution is 2.35. The summed E-state index contributed by atoms with van der Waals surface area (Å²) in [6.07, 6.45) is 2.93. The number of hydrogen-bond donors (Lipinski definition) is 1. The number of rotatable bonds is 4. The van der Waals surface area contributed by atoms with Crippen molar-refractivity contribution in [2.75, 3.05) is 26.3 Å². The minimum absolute atomic E-state index is 0.0908. The first-order chi connectivity index (χ1) is 17.0. The molecule has 1 spiro atoms. The Balaban J connectivity index is 1.32. The molecule has 3 aliphatic heterocycles. The van der Waals surface area contributed by atoms with Gasteiger partial charge >= 0.3 is 6.09 Å². The second-order valence-corrected chi connectivity index (χ2v) is 9.45. The van der Waals surface area contributed by atoms with Gasteiger partial charge in [0.1, 0.15) is 5.84 Å². The molecule has 2 atom stereocenters. The predicted octanol–water partition coefficient (Wildman–Crippen LogP) is 3.79. The number of ether oxygens (including phenoxy) is 1. The summed E-state index contributed by atoms with van der Waals surface area (Å²) in [4.78, 5) is 37.7. The summed E-state index contributed by atoms with van der Waals surface area (Å²) in [5.74, 6) is 0.511. The number of likely N-dealkylation sites (tertiary alicyclic amines) is 1. The van der Waals surface area contributed by atoms with Gasteiger partial charge in [0.25, 0.3) is 5.91 Å². The van der Waals surface area contributed by atoms with E-state index in [4.69, 9.17) is 9.73 Å². The molecule has 3 aliphatic rings. The number of amidine groups is 1. The fourth-order valence-electron chi connectivity index (χ4n) is 5.40. The molecule has 6 rings (SSSR count). The Hall–Kier alpha value is -3.78. The molecule has 2 aromatic carbocycles. The number of carbonyl (C=O) groups excluding carboxylic acids is 1. The Morgan fingerprint density at radius 1 is 1.11 bits per heavy atom. The average molecular weight is 471 g/mol. The monoisotopic (exact) mass is 470 g/mol. The first kappa shape index (κ1) is 21.7. The van der Waals surface area contributed by atoms with Crippen LogP contribution in [0.1, 0.15) is 24.8 Å². The van der Waals surface area contributed by atoms with Gasteiger partial charge in [-0.1, -0.05) is 42.5 Å². The number of carboxylic acid groups (broad SMARTS) is 1. The van der Waals surface area contributed by atoms with E-state index < -0.39 is 11.6 Å². The Bertz CT molecular complexity index is 1330.